The molecule has 8 heteroatoms. The summed E-state index contributed by atoms with van der Waals surface area (Å²) in [5.41, 5.74) is 4.58. The molecule has 0 unspecified atom stereocenters. The lowest BCUT2D eigenvalue weighted by atomic mass is 9.93. The van der Waals surface area contributed by atoms with Gasteiger partial charge < -0.3 is 4.74 Å². The fraction of sp³-hybridized carbons (Fsp3) is 0.222. The van der Waals surface area contributed by atoms with E-state index >= 15 is 0 Å². The van der Waals surface area contributed by atoms with Gasteiger partial charge in [0.25, 0.3) is 11.8 Å². The van der Waals surface area contributed by atoms with Gasteiger partial charge in [-0.2, -0.15) is 10.4 Å². The van der Waals surface area contributed by atoms with E-state index in [1.54, 1.807) is 17.7 Å². The van der Waals surface area contributed by atoms with Crippen molar-refractivity contribution in [2.75, 3.05) is 6.54 Å². The monoisotopic (exact) mass is 604 g/mol. The summed E-state index contributed by atoms with van der Waals surface area (Å²) in [6.45, 7) is 4.40. The molecule has 0 aliphatic carbocycles. The molecule has 1 aliphatic heterocycles. The molecular weight excluding hydrogens is 572 g/mol. The Morgan fingerprint density at radius 1 is 0.955 bits per heavy atom. The predicted octanol–water partition coefficient (Wildman–Crippen LogP) is 7.94. The molecule has 0 saturated heterocycles. The normalized spacial score (nSPS) is 14.3. The number of ether oxygens (including phenoxy) is 1. The van der Waals surface area contributed by atoms with Crippen LogP contribution in [0.1, 0.15) is 50.7 Å². The number of nitriles is 1. The average molecular weight is 605 g/mol. The van der Waals surface area contributed by atoms with E-state index in [1.165, 1.54) is 4.90 Å². The molecule has 222 valence electrons. The average Bonchev–Trinajstić information content (AvgIpc) is 3.47. The minimum absolute atomic E-state index is 0.0130. The number of benzene rings is 3. The standard InChI is InChI=1S/C36H33ClN4O3/c1-3-4-5-9-19-40-35(42)32(25(2)33(22-38)36(40)43)21-28-23-41(30-12-7-6-8-13-30)39-34(28)27-11-10-14-31(20-27)44-24-26-15-17-29(37)18-16-26/h6-8,10-18,20-21,23H,3-5,9,19,24H2,1-2H3/b32-21+. The maximum atomic E-state index is 13.7. The molecule has 0 atom stereocenters. The first kappa shape index (κ1) is 30.5. The van der Waals surface area contributed by atoms with Crippen molar-refractivity contribution in [3.8, 4) is 28.8 Å². The van der Waals surface area contributed by atoms with Gasteiger partial charge in [0.15, 0.2) is 0 Å². The number of aromatic nitrogens is 2. The molecule has 2 heterocycles. The highest BCUT2D eigenvalue weighted by molar-refractivity contribution is 6.30. The third-order valence-corrected chi connectivity index (χ3v) is 7.80. The lowest BCUT2D eigenvalue weighted by molar-refractivity contribution is -0.140. The third-order valence-electron chi connectivity index (χ3n) is 7.55. The largest absolute Gasteiger partial charge is 0.489 e. The summed E-state index contributed by atoms with van der Waals surface area (Å²) in [5.74, 6) is -0.276. The number of halogens is 1. The summed E-state index contributed by atoms with van der Waals surface area (Å²) in [5, 5.41) is 15.4. The zero-order valence-electron chi connectivity index (χ0n) is 24.8. The highest BCUT2D eigenvalue weighted by atomic mass is 35.5. The van der Waals surface area contributed by atoms with E-state index in [9.17, 15) is 14.9 Å². The first-order valence-electron chi connectivity index (χ1n) is 14.7. The molecule has 0 spiro atoms. The van der Waals surface area contributed by atoms with Crippen LogP contribution in [0.3, 0.4) is 0 Å². The molecule has 44 heavy (non-hydrogen) atoms. The summed E-state index contributed by atoms with van der Waals surface area (Å²) in [6, 6.07) is 26.8. The fourth-order valence-corrected chi connectivity index (χ4v) is 5.22. The Kier molecular flexibility index (Phi) is 9.73. The number of amides is 2. The molecule has 1 aromatic heterocycles. The van der Waals surface area contributed by atoms with Gasteiger partial charge in [-0.1, -0.05) is 80.3 Å². The second kappa shape index (κ2) is 14.0. The van der Waals surface area contributed by atoms with Gasteiger partial charge >= 0.3 is 0 Å². The zero-order chi connectivity index (χ0) is 31.1. The molecule has 0 bridgehead atoms. The van der Waals surface area contributed by atoms with E-state index in [0.29, 0.717) is 46.2 Å². The molecule has 5 rings (SSSR count). The van der Waals surface area contributed by atoms with Gasteiger partial charge in [-0.15, -0.1) is 0 Å². The van der Waals surface area contributed by atoms with Crippen LogP contribution in [0.2, 0.25) is 5.02 Å². The number of hydrogen-bond donors (Lipinski definition) is 0. The van der Waals surface area contributed by atoms with E-state index in [4.69, 9.17) is 21.4 Å². The fourth-order valence-electron chi connectivity index (χ4n) is 5.10. The second-order valence-electron chi connectivity index (χ2n) is 10.6. The van der Waals surface area contributed by atoms with Crippen LogP contribution in [-0.2, 0) is 16.2 Å². The van der Waals surface area contributed by atoms with Crippen LogP contribution in [0, 0.1) is 11.3 Å². The van der Waals surface area contributed by atoms with Crippen molar-refractivity contribution in [1.29, 1.82) is 5.26 Å². The second-order valence-corrected chi connectivity index (χ2v) is 11.1. The number of unbranched alkanes of at least 4 members (excludes halogenated alkanes) is 3. The Morgan fingerprint density at radius 3 is 2.45 bits per heavy atom. The van der Waals surface area contributed by atoms with E-state index in [0.717, 1.165) is 36.1 Å². The van der Waals surface area contributed by atoms with Gasteiger partial charge in [0.05, 0.1) is 5.69 Å². The quantitative estimate of drug-likeness (QED) is 0.0985. The lowest BCUT2D eigenvalue weighted by Crippen LogP contribution is -2.43. The predicted molar refractivity (Wildman–Crippen MR) is 172 cm³/mol. The summed E-state index contributed by atoms with van der Waals surface area (Å²) >= 11 is 6.02. The van der Waals surface area contributed by atoms with Gasteiger partial charge in [0, 0.05) is 34.5 Å². The van der Waals surface area contributed by atoms with Crippen LogP contribution < -0.4 is 4.74 Å². The molecule has 2 amide bonds. The van der Waals surface area contributed by atoms with Gasteiger partial charge in [-0.05, 0) is 67.0 Å². The van der Waals surface area contributed by atoms with E-state index in [-0.39, 0.29) is 12.1 Å². The molecule has 7 nitrogen and oxygen atoms in total. The summed E-state index contributed by atoms with van der Waals surface area (Å²) in [4.78, 5) is 28.0. The van der Waals surface area contributed by atoms with Crippen molar-refractivity contribution >= 4 is 29.5 Å². The minimum Gasteiger partial charge on any atom is -0.489 e. The Labute approximate surface area is 262 Å². The number of para-hydroxylation sites is 1. The van der Waals surface area contributed by atoms with Crippen molar-refractivity contribution in [2.45, 2.75) is 46.1 Å². The molecule has 4 aromatic rings. The van der Waals surface area contributed by atoms with Gasteiger partial charge in [0.1, 0.15) is 29.7 Å². The van der Waals surface area contributed by atoms with Gasteiger partial charge in [-0.3, -0.25) is 14.5 Å². The molecule has 0 saturated carbocycles. The Balaban J connectivity index is 1.54. The van der Waals surface area contributed by atoms with Gasteiger partial charge in [0.2, 0.25) is 0 Å². The van der Waals surface area contributed by atoms with Crippen LogP contribution in [0.5, 0.6) is 5.75 Å². The molecular formula is C36H33ClN4O3. The Morgan fingerprint density at radius 2 is 1.73 bits per heavy atom. The molecule has 0 radical (unpaired) electrons. The summed E-state index contributed by atoms with van der Waals surface area (Å²) in [7, 11) is 0. The van der Waals surface area contributed by atoms with E-state index in [2.05, 4.69) is 6.92 Å². The number of carbonyl (C=O) groups excluding carboxylic acids is 2. The molecule has 0 fully saturated rings. The zero-order valence-corrected chi connectivity index (χ0v) is 25.6. The third kappa shape index (κ3) is 6.82. The topological polar surface area (TPSA) is 88.2 Å². The number of carbonyl (C=O) groups is 2. The molecule has 0 N–H and O–H groups in total. The van der Waals surface area contributed by atoms with Crippen LogP contribution in [0.4, 0.5) is 0 Å². The van der Waals surface area contributed by atoms with E-state index in [1.807, 2.05) is 91.1 Å². The smallest absolute Gasteiger partial charge is 0.271 e. The summed E-state index contributed by atoms with van der Waals surface area (Å²) < 4.78 is 7.84. The molecule has 1 aliphatic rings. The van der Waals surface area contributed by atoms with Crippen molar-refractivity contribution in [3.63, 3.8) is 0 Å². The van der Waals surface area contributed by atoms with Crippen LogP contribution in [-0.4, -0.2) is 33.0 Å². The van der Waals surface area contributed by atoms with Crippen LogP contribution in [0.15, 0.2) is 102 Å². The van der Waals surface area contributed by atoms with Crippen molar-refractivity contribution in [1.82, 2.24) is 14.7 Å². The van der Waals surface area contributed by atoms with Crippen molar-refractivity contribution in [3.05, 3.63) is 118 Å². The minimum atomic E-state index is -0.533. The Hall–Kier alpha value is -4.93. The number of imide groups is 1. The first-order chi connectivity index (χ1) is 21.4. The van der Waals surface area contributed by atoms with Crippen molar-refractivity contribution in [2.24, 2.45) is 0 Å². The number of rotatable bonds is 11. The van der Waals surface area contributed by atoms with Crippen molar-refractivity contribution < 1.29 is 14.3 Å². The molecule has 3 aromatic carbocycles. The van der Waals surface area contributed by atoms with Crippen LogP contribution >= 0.6 is 11.6 Å². The van der Waals surface area contributed by atoms with E-state index < -0.39 is 11.8 Å². The Bertz CT molecular complexity index is 1770. The van der Waals surface area contributed by atoms with Crippen LogP contribution in [0.25, 0.3) is 23.0 Å². The number of nitrogens with zero attached hydrogens (tertiary/aromatic N) is 4. The van der Waals surface area contributed by atoms with Gasteiger partial charge in [-0.25, -0.2) is 4.68 Å². The highest BCUT2D eigenvalue weighted by Gasteiger charge is 2.35. The number of hydrogen-bond acceptors (Lipinski definition) is 5. The maximum Gasteiger partial charge on any atom is 0.271 e. The summed E-state index contributed by atoms with van der Waals surface area (Å²) in [6.07, 6.45) is 7.25. The first-order valence-corrected chi connectivity index (χ1v) is 15.1. The maximum absolute atomic E-state index is 13.7. The highest BCUT2D eigenvalue weighted by Crippen LogP contribution is 2.32. The SMILES string of the molecule is CCCCCCN1C(=O)C(C#N)=C(C)/C(=C\c2cn(-c3ccccc3)nc2-c2cccc(OCc3ccc(Cl)cc3)c2)C1=O. The lowest BCUT2D eigenvalue weighted by Gasteiger charge is -2.27.